The Morgan fingerprint density at radius 2 is 1.60 bits per heavy atom. The van der Waals surface area contributed by atoms with Gasteiger partial charge in [-0.05, 0) is 35.9 Å². The lowest BCUT2D eigenvalue weighted by atomic mass is 10.2. The van der Waals surface area contributed by atoms with Crippen LogP contribution in [0.25, 0.3) is 0 Å². The van der Waals surface area contributed by atoms with Crippen LogP contribution in [-0.4, -0.2) is 17.7 Å². The van der Waals surface area contributed by atoms with Gasteiger partial charge >= 0.3 is 11.8 Å². The van der Waals surface area contributed by atoms with Crippen LogP contribution in [0.1, 0.15) is 12.5 Å². The van der Waals surface area contributed by atoms with Crippen molar-refractivity contribution in [3.8, 4) is 0 Å². The van der Waals surface area contributed by atoms with Crippen molar-refractivity contribution in [1.29, 1.82) is 0 Å². The molecule has 0 aliphatic carbocycles. The van der Waals surface area contributed by atoms with Gasteiger partial charge in [-0.3, -0.25) is 14.4 Å². The number of amides is 3. The Balaban J connectivity index is 1.95. The van der Waals surface area contributed by atoms with E-state index in [0.717, 1.165) is 6.07 Å². The number of carbonyl (C=O) groups excluding carboxylic acids is 3. The SMILES string of the molecule is CC(=O)Nc1cc(NC(=O)C(=O)NCc2ccc(F)cc2)ccc1F. The smallest absolute Gasteiger partial charge is 0.313 e. The number of anilines is 2. The fraction of sp³-hybridized carbons (Fsp3) is 0.118. The second-order valence-corrected chi connectivity index (χ2v) is 5.14. The van der Waals surface area contributed by atoms with Gasteiger partial charge in [0.05, 0.1) is 5.69 Å². The van der Waals surface area contributed by atoms with Crippen molar-refractivity contribution in [3.63, 3.8) is 0 Å². The maximum Gasteiger partial charge on any atom is 0.313 e. The number of nitrogens with one attached hydrogen (secondary N) is 3. The Morgan fingerprint density at radius 1 is 0.920 bits per heavy atom. The first kappa shape index (κ1) is 18.1. The van der Waals surface area contributed by atoms with Crippen molar-refractivity contribution >= 4 is 29.1 Å². The van der Waals surface area contributed by atoms with Gasteiger partial charge in [-0.1, -0.05) is 12.1 Å². The van der Waals surface area contributed by atoms with Gasteiger partial charge < -0.3 is 16.0 Å². The van der Waals surface area contributed by atoms with E-state index < -0.39 is 29.4 Å². The molecule has 0 aliphatic rings. The topological polar surface area (TPSA) is 87.3 Å². The minimum atomic E-state index is -0.956. The molecule has 6 nitrogen and oxygen atoms in total. The van der Waals surface area contributed by atoms with E-state index in [2.05, 4.69) is 16.0 Å². The standard InChI is InChI=1S/C17H15F2N3O3/c1-10(23)21-15-8-13(6-7-14(15)19)22-17(25)16(24)20-9-11-2-4-12(18)5-3-11/h2-8H,9H2,1H3,(H,20,24)(H,21,23)(H,22,25). The first-order valence-electron chi connectivity index (χ1n) is 7.26. The first-order chi connectivity index (χ1) is 11.8. The Bertz CT molecular complexity index is 807. The van der Waals surface area contributed by atoms with Crippen LogP contribution in [0.2, 0.25) is 0 Å². The van der Waals surface area contributed by atoms with Gasteiger partial charge in [0.2, 0.25) is 5.91 Å². The number of hydrogen-bond donors (Lipinski definition) is 3. The summed E-state index contributed by atoms with van der Waals surface area (Å²) in [6.07, 6.45) is 0. The zero-order chi connectivity index (χ0) is 18.4. The van der Waals surface area contributed by atoms with E-state index in [0.29, 0.717) is 5.56 Å². The van der Waals surface area contributed by atoms with E-state index in [1.54, 1.807) is 0 Å². The third kappa shape index (κ3) is 5.38. The minimum absolute atomic E-state index is 0.0487. The summed E-state index contributed by atoms with van der Waals surface area (Å²) in [6.45, 7) is 1.26. The predicted octanol–water partition coefficient (Wildman–Crippen LogP) is 2.18. The predicted molar refractivity (Wildman–Crippen MR) is 87.6 cm³/mol. The van der Waals surface area contributed by atoms with Crippen LogP contribution in [0.5, 0.6) is 0 Å². The summed E-state index contributed by atoms with van der Waals surface area (Å²) in [6, 6.07) is 8.94. The second-order valence-electron chi connectivity index (χ2n) is 5.14. The van der Waals surface area contributed by atoms with Gasteiger partial charge in [0.25, 0.3) is 0 Å². The van der Waals surface area contributed by atoms with Crippen molar-refractivity contribution in [2.45, 2.75) is 13.5 Å². The summed E-state index contributed by atoms with van der Waals surface area (Å²) in [5.41, 5.74) is 0.654. The van der Waals surface area contributed by atoms with E-state index >= 15 is 0 Å². The van der Waals surface area contributed by atoms with Crippen LogP contribution >= 0.6 is 0 Å². The van der Waals surface area contributed by atoms with Crippen molar-refractivity contribution in [1.82, 2.24) is 5.32 Å². The van der Waals surface area contributed by atoms with Gasteiger partial charge in [0.15, 0.2) is 0 Å². The molecule has 0 aromatic heterocycles. The Kier molecular flexibility index (Phi) is 5.78. The zero-order valence-electron chi connectivity index (χ0n) is 13.2. The fourth-order valence-corrected chi connectivity index (χ4v) is 1.94. The molecule has 8 heteroatoms. The van der Waals surface area contributed by atoms with Crippen LogP contribution < -0.4 is 16.0 Å². The summed E-state index contributed by atoms with van der Waals surface area (Å²) in [5.74, 6) is -3.41. The average Bonchev–Trinajstić information content (AvgIpc) is 2.56. The van der Waals surface area contributed by atoms with Crippen molar-refractivity contribution in [2.24, 2.45) is 0 Å². The quantitative estimate of drug-likeness (QED) is 0.741. The van der Waals surface area contributed by atoms with Crippen LogP contribution in [0, 0.1) is 11.6 Å². The van der Waals surface area contributed by atoms with E-state index in [4.69, 9.17) is 0 Å². The molecule has 0 aliphatic heterocycles. The van der Waals surface area contributed by atoms with Gasteiger partial charge in [0, 0.05) is 19.2 Å². The van der Waals surface area contributed by atoms with Gasteiger partial charge in [-0.15, -0.1) is 0 Å². The lowest BCUT2D eigenvalue weighted by Gasteiger charge is -2.09. The summed E-state index contributed by atoms with van der Waals surface area (Å²) in [5, 5.41) is 6.95. The first-order valence-corrected chi connectivity index (χ1v) is 7.26. The highest BCUT2D eigenvalue weighted by Gasteiger charge is 2.14. The molecule has 0 radical (unpaired) electrons. The van der Waals surface area contributed by atoms with E-state index in [1.807, 2.05) is 0 Å². The van der Waals surface area contributed by atoms with Crippen LogP contribution in [-0.2, 0) is 20.9 Å². The minimum Gasteiger partial charge on any atom is -0.344 e. The Labute approximate surface area is 142 Å². The van der Waals surface area contributed by atoms with Crippen molar-refractivity contribution in [2.75, 3.05) is 10.6 Å². The fourth-order valence-electron chi connectivity index (χ4n) is 1.94. The highest BCUT2D eigenvalue weighted by molar-refractivity contribution is 6.39. The molecule has 0 saturated carbocycles. The van der Waals surface area contributed by atoms with Crippen LogP contribution in [0.4, 0.5) is 20.2 Å². The number of benzene rings is 2. The van der Waals surface area contributed by atoms with Crippen LogP contribution in [0.3, 0.4) is 0 Å². The third-order valence-electron chi connectivity index (χ3n) is 3.11. The molecule has 0 unspecified atom stereocenters. The molecule has 0 bridgehead atoms. The second kappa shape index (κ2) is 8.00. The van der Waals surface area contributed by atoms with E-state index in [9.17, 15) is 23.2 Å². The molecular weight excluding hydrogens is 332 g/mol. The lowest BCUT2D eigenvalue weighted by molar-refractivity contribution is -0.136. The maximum atomic E-state index is 13.5. The number of rotatable bonds is 4. The lowest BCUT2D eigenvalue weighted by Crippen LogP contribution is -2.35. The summed E-state index contributed by atoms with van der Waals surface area (Å²) < 4.78 is 26.3. The van der Waals surface area contributed by atoms with Crippen molar-refractivity contribution < 1.29 is 23.2 Å². The summed E-state index contributed by atoms with van der Waals surface area (Å²) in [4.78, 5) is 34.6. The molecule has 0 saturated heterocycles. The molecule has 0 spiro atoms. The summed E-state index contributed by atoms with van der Waals surface area (Å²) in [7, 11) is 0. The molecule has 25 heavy (non-hydrogen) atoms. The maximum absolute atomic E-state index is 13.5. The molecule has 3 N–H and O–H groups in total. The Morgan fingerprint density at radius 3 is 2.24 bits per heavy atom. The highest BCUT2D eigenvalue weighted by atomic mass is 19.1. The molecular formula is C17H15F2N3O3. The molecule has 2 aromatic carbocycles. The van der Waals surface area contributed by atoms with Crippen molar-refractivity contribution in [3.05, 3.63) is 59.7 Å². The molecule has 3 amide bonds. The average molecular weight is 347 g/mol. The molecule has 0 fully saturated rings. The number of carbonyl (C=O) groups is 3. The number of hydrogen-bond acceptors (Lipinski definition) is 3. The zero-order valence-corrected chi connectivity index (χ0v) is 13.2. The Hall–Kier alpha value is -3.29. The van der Waals surface area contributed by atoms with Gasteiger partial charge in [0.1, 0.15) is 11.6 Å². The molecule has 2 aromatic rings. The van der Waals surface area contributed by atoms with Gasteiger partial charge in [-0.2, -0.15) is 0 Å². The largest absolute Gasteiger partial charge is 0.344 e. The molecule has 2 rings (SSSR count). The molecule has 0 heterocycles. The van der Waals surface area contributed by atoms with E-state index in [1.165, 1.54) is 43.3 Å². The monoisotopic (exact) mass is 347 g/mol. The summed E-state index contributed by atoms with van der Waals surface area (Å²) >= 11 is 0. The van der Waals surface area contributed by atoms with E-state index in [-0.39, 0.29) is 17.9 Å². The normalized spacial score (nSPS) is 10.0. The van der Waals surface area contributed by atoms with Gasteiger partial charge in [-0.25, -0.2) is 8.78 Å². The molecule has 130 valence electrons. The third-order valence-corrected chi connectivity index (χ3v) is 3.11. The number of halogens is 2. The highest BCUT2D eigenvalue weighted by Crippen LogP contribution is 2.19. The molecule has 0 atom stereocenters. The van der Waals surface area contributed by atoms with Crippen LogP contribution in [0.15, 0.2) is 42.5 Å².